The van der Waals surface area contributed by atoms with Gasteiger partial charge in [-0.05, 0) is 58.8 Å². The highest BCUT2D eigenvalue weighted by molar-refractivity contribution is 9.10. The van der Waals surface area contributed by atoms with E-state index in [0.29, 0.717) is 36.0 Å². The number of halogens is 1. The van der Waals surface area contributed by atoms with Crippen molar-refractivity contribution in [3.8, 4) is 17.6 Å². The summed E-state index contributed by atoms with van der Waals surface area (Å²) in [4.78, 5) is 13.1. The van der Waals surface area contributed by atoms with E-state index in [1.807, 2.05) is 91.0 Å². The number of benzene rings is 5. The first-order chi connectivity index (χ1) is 19.6. The van der Waals surface area contributed by atoms with Crippen LogP contribution in [0.4, 0.5) is 5.69 Å². The lowest BCUT2D eigenvalue weighted by Gasteiger charge is -2.14. The summed E-state index contributed by atoms with van der Waals surface area (Å²) in [6.07, 6.45) is 1.59. The minimum absolute atomic E-state index is 0.0356. The van der Waals surface area contributed by atoms with Crippen molar-refractivity contribution in [2.75, 3.05) is 5.32 Å². The molecule has 0 aliphatic carbocycles. The summed E-state index contributed by atoms with van der Waals surface area (Å²) >= 11 is 3.56. The van der Waals surface area contributed by atoms with E-state index in [1.54, 1.807) is 30.3 Å². The Balaban J connectivity index is 1.35. The van der Waals surface area contributed by atoms with E-state index in [2.05, 4.69) is 27.3 Å². The molecule has 6 heteroatoms. The molecular weight excluding hydrogens is 564 g/mol. The van der Waals surface area contributed by atoms with Gasteiger partial charge in [0, 0.05) is 21.3 Å². The number of hydrogen-bond acceptors (Lipinski definition) is 4. The molecule has 1 amide bonds. The van der Waals surface area contributed by atoms with Crippen LogP contribution in [0.5, 0.6) is 11.5 Å². The van der Waals surface area contributed by atoms with Crippen molar-refractivity contribution in [1.82, 2.24) is 0 Å². The van der Waals surface area contributed by atoms with Crippen molar-refractivity contribution in [2.24, 2.45) is 0 Å². The zero-order chi connectivity index (χ0) is 27.7. The van der Waals surface area contributed by atoms with Gasteiger partial charge in [-0.15, -0.1) is 0 Å². The molecular formula is C34H25BrN2O3. The fraction of sp³-hybridized carbons (Fsp3) is 0.0588. The first-order valence-electron chi connectivity index (χ1n) is 12.7. The van der Waals surface area contributed by atoms with E-state index in [-0.39, 0.29) is 5.57 Å². The van der Waals surface area contributed by atoms with Gasteiger partial charge in [0.2, 0.25) is 0 Å². The molecule has 0 aliphatic rings. The first kappa shape index (κ1) is 26.7. The lowest BCUT2D eigenvalue weighted by Crippen LogP contribution is -2.13. The van der Waals surface area contributed by atoms with Gasteiger partial charge in [-0.3, -0.25) is 4.79 Å². The minimum atomic E-state index is -0.509. The van der Waals surface area contributed by atoms with E-state index >= 15 is 0 Å². The largest absolute Gasteiger partial charge is 0.489 e. The highest BCUT2D eigenvalue weighted by atomic mass is 79.9. The maximum Gasteiger partial charge on any atom is 0.266 e. The summed E-state index contributed by atoms with van der Waals surface area (Å²) in [5, 5.41) is 14.6. The molecule has 1 N–H and O–H groups in total. The van der Waals surface area contributed by atoms with Gasteiger partial charge in [0.1, 0.15) is 36.4 Å². The third-order valence-electron chi connectivity index (χ3n) is 6.29. The first-order valence-corrected chi connectivity index (χ1v) is 13.5. The van der Waals surface area contributed by atoms with E-state index in [1.165, 1.54) is 0 Å². The maximum atomic E-state index is 13.1. The average Bonchev–Trinajstić information content (AvgIpc) is 3.00. The van der Waals surface area contributed by atoms with Crippen molar-refractivity contribution >= 4 is 44.4 Å². The predicted molar refractivity (Wildman–Crippen MR) is 162 cm³/mol. The van der Waals surface area contributed by atoms with Crippen LogP contribution in [-0.4, -0.2) is 5.91 Å². The molecule has 0 aromatic heterocycles. The van der Waals surface area contributed by atoms with Gasteiger partial charge in [-0.1, -0.05) is 94.8 Å². The van der Waals surface area contributed by atoms with Crippen LogP contribution in [0.3, 0.4) is 0 Å². The second-order valence-electron chi connectivity index (χ2n) is 9.00. The average molecular weight is 589 g/mol. The molecule has 0 atom stereocenters. The molecule has 0 unspecified atom stereocenters. The minimum Gasteiger partial charge on any atom is -0.489 e. The summed E-state index contributed by atoms with van der Waals surface area (Å²) in [5.41, 5.74) is 3.24. The molecule has 0 spiro atoms. The lowest BCUT2D eigenvalue weighted by atomic mass is 10.0. The molecule has 0 radical (unpaired) electrons. The molecule has 40 heavy (non-hydrogen) atoms. The van der Waals surface area contributed by atoms with Gasteiger partial charge >= 0.3 is 0 Å². The molecule has 0 saturated heterocycles. The summed E-state index contributed by atoms with van der Waals surface area (Å²) in [5.74, 6) is 0.751. The van der Waals surface area contributed by atoms with E-state index in [9.17, 15) is 10.1 Å². The number of rotatable bonds is 9. The van der Waals surface area contributed by atoms with Crippen molar-refractivity contribution in [1.29, 1.82) is 5.26 Å². The Labute approximate surface area is 241 Å². The highest BCUT2D eigenvalue weighted by Crippen LogP contribution is 2.32. The highest BCUT2D eigenvalue weighted by Gasteiger charge is 2.14. The smallest absolute Gasteiger partial charge is 0.266 e. The van der Waals surface area contributed by atoms with Gasteiger partial charge in [-0.25, -0.2) is 0 Å². The number of nitrogens with zero attached hydrogens (tertiary/aromatic N) is 1. The molecule has 0 bridgehead atoms. The van der Waals surface area contributed by atoms with Crippen LogP contribution in [0.25, 0.3) is 16.8 Å². The van der Waals surface area contributed by atoms with E-state index in [0.717, 1.165) is 26.4 Å². The van der Waals surface area contributed by atoms with Crippen molar-refractivity contribution in [3.63, 3.8) is 0 Å². The number of carbonyl (C=O) groups is 1. The third-order valence-corrected chi connectivity index (χ3v) is 7.06. The van der Waals surface area contributed by atoms with Gasteiger partial charge < -0.3 is 14.8 Å². The Morgan fingerprint density at radius 2 is 1.52 bits per heavy atom. The van der Waals surface area contributed by atoms with E-state index in [4.69, 9.17) is 9.47 Å². The number of carbonyl (C=O) groups excluding carboxylic acids is 1. The zero-order valence-electron chi connectivity index (χ0n) is 21.5. The number of amides is 1. The quantitative estimate of drug-likeness (QED) is 0.139. The van der Waals surface area contributed by atoms with Crippen molar-refractivity contribution in [2.45, 2.75) is 13.2 Å². The summed E-state index contributed by atoms with van der Waals surface area (Å²) in [6, 6.07) is 38.5. The SMILES string of the molecule is N#C/C(=C\c1c(OCc2ccccc2Br)ccc2ccccc12)C(=O)Nc1ccc(OCc2ccccc2)cc1. The predicted octanol–water partition coefficient (Wildman–Crippen LogP) is 8.31. The zero-order valence-corrected chi connectivity index (χ0v) is 23.1. The number of nitriles is 1. The lowest BCUT2D eigenvalue weighted by molar-refractivity contribution is -0.112. The van der Waals surface area contributed by atoms with Gasteiger partial charge in [0.25, 0.3) is 5.91 Å². The van der Waals surface area contributed by atoms with Gasteiger partial charge in [0.15, 0.2) is 0 Å². The van der Waals surface area contributed by atoms with Crippen molar-refractivity contribution < 1.29 is 14.3 Å². The summed E-state index contributed by atoms with van der Waals surface area (Å²) < 4.78 is 13.0. The molecule has 0 saturated carbocycles. The fourth-order valence-corrected chi connectivity index (χ4v) is 4.59. The molecule has 0 aliphatic heterocycles. The van der Waals surface area contributed by atoms with Crippen LogP contribution >= 0.6 is 15.9 Å². The molecule has 5 aromatic rings. The Hall–Kier alpha value is -4.86. The number of anilines is 1. The maximum absolute atomic E-state index is 13.1. The standard InChI is InChI=1S/C34H25BrN2O3/c35-32-13-7-5-11-26(32)23-40-33-19-14-25-10-4-6-12-30(25)31(33)20-27(21-36)34(38)37-28-15-17-29(18-16-28)39-22-24-8-2-1-3-9-24/h1-20H,22-23H2,(H,37,38)/b27-20+. The van der Waals surface area contributed by atoms with Crippen molar-refractivity contribution in [3.05, 3.63) is 142 Å². The number of ether oxygens (including phenoxy) is 2. The van der Waals surface area contributed by atoms with Gasteiger partial charge in [0.05, 0.1) is 0 Å². The number of fused-ring (bicyclic) bond motifs is 1. The second kappa shape index (κ2) is 12.8. The Bertz CT molecular complexity index is 1710. The normalized spacial score (nSPS) is 11.1. The molecule has 5 nitrogen and oxygen atoms in total. The molecule has 5 rings (SSSR count). The van der Waals surface area contributed by atoms with Crippen LogP contribution in [-0.2, 0) is 18.0 Å². The summed E-state index contributed by atoms with van der Waals surface area (Å²) in [6.45, 7) is 0.776. The Morgan fingerprint density at radius 1 is 0.800 bits per heavy atom. The number of hydrogen-bond donors (Lipinski definition) is 1. The summed E-state index contributed by atoms with van der Waals surface area (Å²) in [7, 11) is 0. The molecule has 0 fully saturated rings. The third kappa shape index (κ3) is 6.58. The number of nitrogens with one attached hydrogen (secondary N) is 1. The topological polar surface area (TPSA) is 71.3 Å². The van der Waals surface area contributed by atoms with Crippen LogP contribution in [0, 0.1) is 11.3 Å². The fourth-order valence-electron chi connectivity index (χ4n) is 4.19. The molecule has 196 valence electrons. The van der Waals surface area contributed by atoms with E-state index < -0.39 is 5.91 Å². The Morgan fingerprint density at radius 3 is 2.30 bits per heavy atom. The molecule has 0 heterocycles. The Kier molecular flexibility index (Phi) is 8.55. The van der Waals surface area contributed by atoms with Crippen LogP contribution in [0.15, 0.2) is 125 Å². The van der Waals surface area contributed by atoms with Crippen LogP contribution in [0.2, 0.25) is 0 Å². The monoisotopic (exact) mass is 588 g/mol. The second-order valence-corrected chi connectivity index (χ2v) is 9.86. The van der Waals surface area contributed by atoms with Crippen LogP contribution in [0.1, 0.15) is 16.7 Å². The van der Waals surface area contributed by atoms with Crippen LogP contribution < -0.4 is 14.8 Å². The van der Waals surface area contributed by atoms with Gasteiger partial charge in [-0.2, -0.15) is 5.26 Å². The molecule has 5 aromatic carbocycles.